The van der Waals surface area contributed by atoms with Crippen LogP contribution in [-0.4, -0.2) is 22.7 Å². The van der Waals surface area contributed by atoms with Crippen molar-refractivity contribution in [1.82, 2.24) is 4.98 Å². The highest BCUT2D eigenvalue weighted by atomic mass is 35.5. The van der Waals surface area contributed by atoms with Crippen LogP contribution >= 0.6 is 23.2 Å². The molecule has 1 aromatic carbocycles. The molecule has 0 saturated heterocycles. The van der Waals surface area contributed by atoms with Gasteiger partial charge in [-0.05, 0) is 24.6 Å². The Morgan fingerprint density at radius 3 is 2.75 bits per heavy atom. The number of unbranched alkanes of at least 4 members (excludes halogenated alkanes) is 1. The first-order valence-corrected chi connectivity index (χ1v) is 6.95. The lowest BCUT2D eigenvalue weighted by molar-refractivity contribution is 0.0691. The molecule has 0 spiro atoms. The van der Waals surface area contributed by atoms with Crippen LogP contribution in [0.3, 0.4) is 0 Å². The van der Waals surface area contributed by atoms with Crippen LogP contribution in [-0.2, 0) is 0 Å². The number of aromatic nitrogens is 1. The molecule has 2 rings (SSSR count). The molecule has 0 amide bonds. The number of ether oxygens (including phenoxy) is 1. The number of hydrogen-bond acceptors (Lipinski definition) is 3. The minimum absolute atomic E-state index is 0.0730. The highest BCUT2D eigenvalue weighted by Crippen LogP contribution is 2.37. The van der Waals surface area contributed by atoms with Gasteiger partial charge in [-0.15, -0.1) is 0 Å². The van der Waals surface area contributed by atoms with E-state index in [2.05, 4.69) is 4.98 Å². The number of rotatable bonds is 5. The molecule has 0 atom stereocenters. The van der Waals surface area contributed by atoms with E-state index in [-0.39, 0.29) is 5.69 Å². The number of halogens is 2. The number of carboxylic acid groups (broad SMARTS) is 1. The number of pyridine rings is 1. The van der Waals surface area contributed by atoms with E-state index in [1.165, 1.54) is 6.07 Å². The highest BCUT2D eigenvalue weighted by Gasteiger charge is 2.15. The zero-order valence-electron chi connectivity index (χ0n) is 10.8. The van der Waals surface area contributed by atoms with Crippen LogP contribution in [0.5, 0.6) is 5.75 Å². The Labute approximate surface area is 126 Å². The van der Waals surface area contributed by atoms with Gasteiger partial charge in [0.2, 0.25) is 0 Å². The molecule has 0 radical (unpaired) electrons. The lowest BCUT2D eigenvalue weighted by atomic mass is 10.2. The molecule has 1 N–H and O–H groups in total. The Hall–Kier alpha value is -1.52. The summed E-state index contributed by atoms with van der Waals surface area (Å²) in [5.41, 5.74) is 0.301. The fourth-order valence-electron chi connectivity index (χ4n) is 1.77. The molecule has 0 aliphatic carbocycles. The van der Waals surface area contributed by atoms with Gasteiger partial charge in [0, 0.05) is 5.39 Å². The summed E-state index contributed by atoms with van der Waals surface area (Å²) in [6.45, 7) is 2.54. The SMILES string of the molecule is CCCCOc1c(Cl)cc(Cl)c2ccc(C(=O)O)nc12. The normalized spacial score (nSPS) is 10.8. The van der Waals surface area contributed by atoms with Crippen LogP contribution in [0.1, 0.15) is 30.3 Å². The quantitative estimate of drug-likeness (QED) is 0.830. The lowest BCUT2D eigenvalue weighted by Crippen LogP contribution is -2.03. The van der Waals surface area contributed by atoms with Crippen molar-refractivity contribution in [3.63, 3.8) is 0 Å². The number of fused-ring (bicyclic) bond motifs is 1. The smallest absolute Gasteiger partial charge is 0.354 e. The van der Waals surface area contributed by atoms with E-state index in [1.54, 1.807) is 12.1 Å². The van der Waals surface area contributed by atoms with E-state index in [4.69, 9.17) is 33.0 Å². The average Bonchev–Trinajstić information content (AvgIpc) is 2.41. The third kappa shape index (κ3) is 2.97. The fraction of sp³-hybridized carbons (Fsp3) is 0.286. The Morgan fingerprint density at radius 1 is 1.35 bits per heavy atom. The van der Waals surface area contributed by atoms with Gasteiger partial charge in [0.05, 0.1) is 16.7 Å². The van der Waals surface area contributed by atoms with Crippen molar-refractivity contribution >= 4 is 40.1 Å². The van der Waals surface area contributed by atoms with Crippen molar-refractivity contribution in [2.24, 2.45) is 0 Å². The van der Waals surface area contributed by atoms with E-state index in [0.717, 1.165) is 12.8 Å². The lowest BCUT2D eigenvalue weighted by Gasteiger charge is -2.12. The maximum absolute atomic E-state index is 11.0. The Morgan fingerprint density at radius 2 is 2.10 bits per heavy atom. The fourth-order valence-corrected chi connectivity index (χ4v) is 2.34. The van der Waals surface area contributed by atoms with Gasteiger partial charge in [0.15, 0.2) is 5.75 Å². The molecule has 20 heavy (non-hydrogen) atoms. The molecule has 1 heterocycles. The zero-order valence-corrected chi connectivity index (χ0v) is 12.3. The third-order valence-corrected chi connectivity index (χ3v) is 3.39. The molecular formula is C14H13Cl2NO3. The number of aromatic carboxylic acids is 1. The van der Waals surface area contributed by atoms with Crippen molar-refractivity contribution < 1.29 is 14.6 Å². The average molecular weight is 314 g/mol. The molecule has 0 aliphatic rings. The molecule has 6 heteroatoms. The molecule has 4 nitrogen and oxygen atoms in total. The third-order valence-electron chi connectivity index (χ3n) is 2.80. The number of nitrogens with zero attached hydrogens (tertiary/aromatic N) is 1. The topological polar surface area (TPSA) is 59.4 Å². The Kier molecular flexibility index (Phi) is 4.68. The van der Waals surface area contributed by atoms with Crippen molar-refractivity contribution in [3.05, 3.63) is 33.9 Å². The molecule has 0 bridgehead atoms. The van der Waals surface area contributed by atoms with Crippen molar-refractivity contribution in [1.29, 1.82) is 0 Å². The monoisotopic (exact) mass is 313 g/mol. The zero-order chi connectivity index (χ0) is 14.7. The summed E-state index contributed by atoms with van der Waals surface area (Å²) in [4.78, 5) is 15.1. The first-order chi connectivity index (χ1) is 9.54. The number of benzene rings is 1. The highest BCUT2D eigenvalue weighted by molar-refractivity contribution is 6.39. The van der Waals surface area contributed by atoms with Gasteiger partial charge in [-0.3, -0.25) is 0 Å². The predicted molar refractivity (Wildman–Crippen MR) is 79.1 cm³/mol. The van der Waals surface area contributed by atoms with Gasteiger partial charge in [0.25, 0.3) is 0 Å². The molecule has 2 aromatic rings. The van der Waals surface area contributed by atoms with Crippen molar-refractivity contribution in [2.45, 2.75) is 19.8 Å². The first-order valence-electron chi connectivity index (χ1n) is 6.19. The van der Waals surface area contributed by atoms with E-state index in [9.17, 15) is 4.79 Å². The second-order valence-corrected chi connectivity index (χ2v) is 5.08. The summed E-state index contributed by atoms with van der Waals surface area (Å²) in [6.07, 6.45) is 1.86. The van der Waals surface area contributed by atoms with Gasteiger partial charge >= 0.3 is 5.97 Å². The van der Waals surface area contributed by atoms with Crippen LogP contribution in [0.25, 0.3) is 10.9 Å². The summed E-state index contributed by atoms with van der Waals surface area (Å²) >= 11 is 12.2. The maximum atomic E-state index is 11.0. The van der Waals surface area contributed by atoms with E-state index in [1.807, 2.05) is 6.92 Å². The van der Waals surface area contributed by atoms with Gasteiger partial charge in [-0.2, -0.15) is 0 Å². The maximum Gasteiger partial charge on any atom is 0.354 e. The summed E-state index contributed by atoms with van der Waals surface area (Å²) in [6, 6.07) is 4.59. The van der Waals surface area contributed by atoms with E-state index in [0.29, 0.717) is 33.3 Å². The van der Waals surface area contributed by atoms with Gasteiger partial charge in [0.1, 0.15) is 11.2 Å². The van der Waals surface area contributed by atoms with E-state index < -0.39 is 5.97 Å². The van der Waals surface area contributed by atoms with Crippen LogP contribution in [0.15, 0.2) is 18.2 Å². The second-order valence-electron chi connectivity index (χ2n) is 4.27. The molecule has 0 fully saturated rings. The minimum Gasteiger partial charge on any atom is -0.490 e. The molecule has 1 aromatic heterocycles. The van der Waals surface area contributed by atoms with Crippen LogP contribution in [0.4, 0.5) is 0 Å². The summed E-state index contributed by atoms with van der Waals surface area (Å²) < 4.78 is 5.63. The Balaban J connectivity index is 2.57. The van der Waals surface area contributed by atoms with Crippen LogP contribution < -0.4 is 4.74 Å². The molecule has 106 valence electrons. The number of hydrogen-bond donors (Lipinski definition) is 1. The summed E-state index contributed by atoms with van der Waals surface area (Å²) in [5, 5.41) is 10.4. The largest absolute Gasteiger partial charge is 0.490 e. The molecule has 0 saturated carbocycles. The minimum atomic E-state index is -1.11. The predicted octanol–water partition coefficient (Wildman–Crippen LogP) is 4.42. The molecule has 0 aliphatic heterocycles. The van der Waals surface area contributed by atoms with E-state index >= 15 is 0 Å². The second kappa shape index (κ2) is 6.29. The standard InChI is InChI=1S/C14H13Cl2NO3/c1-2-3-6-20-13-10(16)7-9(15)8-4-5-11(14(18)19)17-12(8)13/h4-5,7H,2-3,6H2,1H3,(H,18,19). The summed E-state index contributed by atoms with van der Waals surface area (Å²) in [5.74, 6) is -0.731. The van der Waals surface area contributed by atoms with Gasteiger partial charge < -0.3 is 9.84 Å². The van der Waals surface area contributed by atoms with Crippen molar-refractivity contribution in [3.8, 4) is 5.75 Å². The van der Waals surface area contributed by atoms with Gasteiger partial charge in [-0.25, -0.2) is 9.78 Å². The molecular weight excluding hydrogens is 301 g/mol. The van der Waals surface area contributed by atoms with Crippen LogP contribution in [0, 0.1) is 0 Å². The Bertz CT molecular complexity index is 658. The first kappa shape index (κ1) is 14.9. The molecule has 0 unspecified atom stereocenters. The van der Waals surface area contributed by atoms with Crippen LogP contribution in [0.2, 0.25) is 10.0 Å². The number of carbonyl (C=O) groups is 1. The summed E-state index contributed by atoms with van der Waals surface area (Å²) in [7, 11) is 0. The van der Waals surface area contributed by atoms with Gasteiger partial charge in [-0.1, -0.05) is 36.5 Å². The number of carboxylic acids is 1. The van der Waals surface area contributed by atoms with Crippen molar-refractivity contribution in [2.75, 3.05) is 6.61 Å².